The van der Waals surface area contributed by atoms with Crippen molar-refractivity contribution in [1.82, 2.24) is 0 Å². The van der Waals surface area contributed by atoms with Crippen LogP contribution in [0.15, 0.2) is 30.4 Å². The van der Waals surface area contributed by atoms with Crippen LogP contribution in [0.25, 0.3) is 0 Å². The standard InChI is InChI=1S/C16H11F6NO2/c17-15(18,19)8-5-9(16(20,21)22)7-10(6-8)23-13(24)11-3-1-2-4-12(11)14(23)25/h1-2,5-7,11-12H,3-4H2. The third kappa shape index (κ3) is 3.03. The summed E-state index contributed by atoms with van der Waals surface area (Å²) in [4.78, 5) is 25.2. The van der Waals surface area contributed by atoms with Gasteiger partial charge in [0.1, 0.15) is 0 Å². The Labute approximate surface area is 137 Å². The van der Waals surface area contributed by atoms with Gasteiger partial charge in [0.15, 0.2) is 0 Å². The van der Waals surface area contributed by atoms with E-state index in [1.165, 1.54) is 0 Å². The van der Waals surface area contributed by atoms with Crippen molar-refractivity contribution in [1.29, 1.82) is 0 Å². The van der Waals surface area contributed by atoms with Crippen LogP contribution in [0.5, 0.6) is 0 Å². The van der Waals surface area contributed by atoms with Gasteiger partial charge in [-0.15, -0.1) is 0 Å². The van der Waals surface area contributed by atoms with E-state index in [0.717, 1.165) is 0 Å². The van der Waals surface area contributed by atoms with Gasteiger partial charge in [0.25, 0.3) is 0 Å². The van der Waals surface area contributed by atoms with Crippen molar-refractivity contribution in [2.75, 3.05) is 4.90 Å². The van der Waals surface area contributed by atoms with Gasteiger partial charge in [-0.1, -0.05) is 12.2 Å². The lowest BCUT2D eigenvalue weighted by Crippen LogP contribution is -2.31. The highest BCUT2D eigenvalue weighted by atomic mass is 19.4. The second-order valence-electron chi connectivity index (χ2n) is 5.93. The van der Waals surface area contributed by atoms with Crippen molar-refractivity contribution in [3.8, 4) is 0 Å². The minimum absolute atomic E-state index is 0.0386. The average Bonchev–Trinajstić information content (AvgIpc) is 2.77. The summed E-state index contributed by atoms with van der Waals surface area (Å²) in [5.74, 6) is -3.04. The van der Waals surface area contributed by atoms with Gasteiger partial charge in [0.05, 0.1) is 28.7 Å². The van der Waals surface area contributed by atoms with Gasteiger partial charge in [0.2, 0.25) is 11.8 Å². The number of halogens is 6. The molecule has 2 aliphatic rings. The van der Waals surface area contributed by atoms with Gasteiger partial charge in [-0.25, -0.2) is 0 Å². The molecule has 2 atom stereocenters. The number of imide groups is 1. The summed E-state index contributed by atoms with van der Waals surface area (Å²) in [5, 5.41) is 0. The van der Waals surface area contributed by atoms with Crippen LogP contribution < -0.4 is 4.90 Å². The van der Waals surface area contributed by atoms with Crippen molar-refractivity contribution in [2.45, 2.75) is 25.2 Å². The van der Waals surface area contributed by atoms with Crippen LogP contribution in [0.3, 0.4) is 0 Å². The summed E-state index contributed by atoms with van der Waals surface area (Å²) < 4.78 is 77.7. The summed E-state index contributed by atoms with van der Waals surface area (Å²) in [6, 6.07) is 0.759. The van der Waals surface area contributed by atoms with E-state index in [1.807, 2.05) is 0 Å². The summed E-state index contributed by atoms with van der Waals surface area (Å²) in [6.07, 6.45) is -6.29. The molecule has 0 N–H and O–H groups in total. The van der Waals surface area contributed by atoms with Crippen LogP contribution in [0.2, 0.25) is 0 Å². The van der Waals surface area contributed by atoms with Crippen molar-refractivity contribution in [3.63, 3.8) is 0 Å². The van der Waals surface area contributed by atoms with E-state index in [2.05, 4.69) is 0 Å². The molecule has 1 aromatic rings. The average molecular weight is 363 g/mol. The molecule has 1 aromatic carbocycles. The first-order valence-electron chi connectivity index (χ1n) is 7.32. The first-order chi connectivity index (χ1) is 11.5. The molecule has 3 rings (SSSR count). The van der Waals surface area contributed by atoms with Gasteiger partial charge in [-0.2, -0.15) is 26.3 Å². The molecule has 0 spiro atoms. The number of allylic oxidation sites excluding steroid dienone is 2. The Morgan fingerprint density at radius 1 is 0.760 bits per heavy atom. The minimum atomic E-state index is -5.05. The number of nitrogens with zero attached hydrogens (tertiary/aromatic N) is 1. The number of amides is 2. The highest BCUT2D eigenvalue weighted by molar-refractivity contribution is 6.22. The SMILES string of the molecule is O=C1C2CC=CCC2C(=O)N1c1cc(C(F)(F)F)cc(C(F)(F)F)c1. The van der Waals surface area contributed by atoms with E-state index in [0.29, 0.717) is 17.0 Å². The molecule has 9 heteroatoms. The Hall–Kier alpha value is -2.32. The van der Waals surface area contributed by atoms with Crippen molar-refractivity contribution in [3.05, 3.63) is 41.5 Å². The van der Waals surface area contributed by atoms with Crippen LogP contribution in [0, 0.1) is 11.8 Å². The number of rotatable bonds is 1. The fourth-order valence-electron chi connectivity index (χ4n) is 3.12. The zero-order valence-electron chi connectivity index (χ0n) is 12.5. The van der Waals surface area contributed by atoms with Gasteiger partial charge in [0, 0.05) is 0 Å². The first-order valence-corrected chi connectivity index (χ1v) is 7.32. The highest BCUT2D eigenvalue weighted by Gasteiger charge is 2.49. The summed E-state index contributed by atoms with van der Waals surface area (Å²) >= 11 is 0. The Bertz CT molecular complexity index is 707. The normalized spacial score (nSPS) is 24.0. The first kappa shape index (κ1) is 17.5. The van der Waals surface area contributed by atoms with Crippen molar-refractivity contribution in [2.24, 2.45) is 11.8 Å². The number of anilines is 1. The zero-order chi connectivity index (χ0) is 18.6. The molecule has 2 unspecified atom stereocenters. The molecule has 0 aromatic heterocycles. The van der Waals surface area contributed by atoms with Crippen LogP contribution in [0.1, 0.15) is 24.0 Å². The molecule has 0 saturated carbocycles. The third-order valence-electron chi connectivity index (χ3n) is 4.34. The molecule has 25 heavy (non-hydrogen) atoms. The minimum Gasteiger partial charge on any atom is -0.274 e. The van der Waals surface area contributed by atoms with E-state index < -0.39 is 52.8 Å². The van der Waals surface area contributed by atoms with E-state index >= 15 is 0 Å². The fraction of sp³-hybridized carbons (Fsp3) is 0.375. The second-order valence-corrected chi connectivity index (χ2v) is 5.93. The Kier molecular flexibility index (Phi) is 3.92. The maximum atomic E-state index is 12.9. The molecule has 134 valence electrons. The number of alkyl halides is 6. The Balaban J connectivity index is 2.10. The van der Waals surface area contributed by atoms with Crippen LogP contribution in [-0.2, 0) is 21.9 Å². The lowest BCUT2D eigenvalue weighted by Gasteiger charge is -2.19. The monoisotopic (exact) mass is 363 g/mol. The summed E-state index contributed by atoms with van der Waals surface area (Å²) in [6.45, 7) is 0. The summed E-state index contributed by atoms with van der Waals surface area (Å²) in [5.41, 5.74) is -3.83. The molecule has 2 amide bonds. The predicted octanol–water partition coefficient (Wildman–Crippen LogP) is 4.18. The summed E-state index contributed by atoms with van der Waals surface area (Å²) in [7, 11) is 0. The zero-order valence-corrected chi connectivity index (χ0v) is 12.5. The maximum Gasteiger partial charge on any atom is 0.416 e. The molecule has 3 nitrogen and oxygen atoms in total. The molecule has 1 heterocycles. The van der Waals surface area contributed by atoms with E-state index in [-0.39, 0.29) is 18.9 Å². The molecule has 1 aliphatic carbocycles. The number of hydrogen-bond acceptors (Lipinski definition) is 2. The largest absolute Gasteiger partial charge is 0.416 e. The lowest BCUT2D eigenvalue weighted by molar-refractivity contribution is -0.143. The van der Waals surface area contributed by atoms with Crippen LogP contribution in [0.4, 0.5) is 32.0 Å². The predicted molar refractivity (Wildman–Crippen MR) is 74.3 cm³/mol. The number of fused-ring (bicyclic) bond motifs is 1. The Morgan fingerprint density at radius 2 is 1.16 bits per heavy atom. The topological polar surface area (TPSA) is 37.4 Å². The molecule has 0 bridgehead atoms. The lowest BCUT2D eigenvalue weighted by atomic mass is 9.85. The molecule has 0 radical (unpaired) electrons. The fourth-order valence-corrected chi connectivity index (χ4v) is 3.12. The van der Waals surface area contributed by atoms with Crippen molar-refractivity contribution < 1.29 is 35.9 Å². The van der Waals surface area contributed by atoms with Gasteiger partial charge < -0.3 is 0 Å². The van der Waals surface area contributed by atoms with Gasteiger partial charge in [-0.3, -0.25) is 14.5 Å². The van der Waals surface area contributed by atoms with E-state index in [9.17, 15) is 35.9 Å². The molecular formula is C16H11F6NO2. The maximum absolute atomic E-state index is 12.9. The quantitative estimate of drug-likeness (QED) is 0.427. The molecule has 1 fully saturated rings. The number of carbonyl (C=O) groups is 2. The molecular weight excluding hydrogens is 352 g/mol. The van der Waals surface area contributed by atoms with Crippen LogP contribution in [-0.4, -0.2) is 11.8 Å². The molecule has 1 aliphatic heterocycles. The van der Waals surface area contributed by atoms with E-state index in [4.69, 9.17) is 0 Å². The second kappa shape index (κ2) is 5.60. The Morgan fingerprint density at radius 3 is 1.52 bits per heavy atom. The highest BCUT2D eigenvalue weighted by Crippen LogP contribution is 2.42. The van der Waals surface area contributed by atoms with E-state index in [1.54, 1.807) is 12.2 Å². The van der Waals surface area contributed by atoms with Crippen LogP contribution >= 0.6 is 0 Å². The van der Waals surface area contributed by atoms with Gasteiger partial charge >= 0.3 is 12.4 Å². The van der Waals surface area contributed by atoms with Crippen molar-refractivity contribution >= 4 is 17.5 Å². The number of hydrogen-bond donors (Lipinski definition) is 0. The number of benzene rings is 1. The molecule has 1 saturated heterocycles. The third-order valence-corrected chi connectivity index (χ3v) is 4.34. The van der Waals surface area contributed by atoms with Gasteiger partial charge in [-0.05, 0) is 31.0 Å². The number of carbonyl (C=O) groups excluding carboxylic acids is 2. The smallest absolute Gasteiger partial charge is 0.274 e.